The van der Waals surface area contributed by atoms with Crippen molar-refractivity contribution >= 4 is 38.5 Å². The Hall–Kier alpha value is -2.35. The van der Waals surface area contributed by atoms with Gasteiger partial charge in [-0.05, 0) is 55.0 Å². The molecule has 2 heterocycles. The fraction of sp³-hybridized carbons (Fsp3) is 0.385. The predicted octanol–water partition coefficient (Wildman–Crippen LogP) is 2.86. The number of H-pyrrole nitrogens is 1. The van der Waals surface area contributed by atoms with E-state index in [0.717, 1.165) is 46.8 Å². The van der Waals surface area contributed by atoms with Crippen LogP contribution in [0.3, 0.4) is 0 Å². The molecule has 170 valence electrons. The number of aromatic amines is 1. The first-order valence-electron chi connectivity index (χ1n) is 11.1. The number of methoxy groups -OCH3 is 1. The van der Waals surface area contributed by atoms with E-state index in [9.17, 15) is 4.79 Å². The van der Waals surface area contributed by atoms with Crippen LogP contribution in [0, 0.1) is 13.8 Å². The smallest absolute Gasteiger partial charge is 0.310 e. The van der Waals surface area contributed by atoms with E-state index < -0.39 is 0 Å². The van der Waals surface area contributed by atoms with Crippen molar-refractivity contribution in [2.45, 2.75) is 59.6 Å². The van der Waals surface area contributed by atoms with Crippen molar-refractivity contribution in [2.75, 3.05) is 7.11 Å². The molecule has 4 rings (SSSR count). The fourth-order valence-corrected chi connectivity index (χ4v) is 4.40. The lowest BCUT2D eigenvalue weighted by Crippen LogP contribution is -3.00. The monoisotopic (exact) mass is 546 g/mol. The molecule has 2 aromatic carbocycles. The summed E-state index contributed by atoms with van der Waals surface area (Å²) in [6, 6.07) is 8.24. The summed E-state index contributed by atoms with van der Waals surface area (Å²) < 4.78 is 12.9. The Bertz CT molecular complexity index is 1260. The summed E-state index contributed by atoms with van der Waals surface area (Å²) >= 11 is 0. The Kier molecular flexibility index (Phi) is 7.98. The number of aromatic nitrogens is 2. The van der Waals surface area contributed by atoms with Gasteiger partial charge in [-0.2, -0.15) is 4.57 Å². The number of pyridine rings is 1. The largest absolute Gasteiger partial charge is 1.00 e. The van der Waals surface area contributed by atoms with Crippen molar-refractivity contribution in [2.24, 2.45) is 0 Å². The minimum atomic E-state index is -0.129. The van der Waals surface area contributed by atoms with Crippen LogP contribution in [0.2, 0.25) is 0 Å². The number of hydrogen-bond acceptors (Lipinski definition) is 3. The van der Waals surface area contributed by atoms with E-state index in [1.54, 1.807) is 7.11 Å². The third kappa shape index (κ3) is 4.70. The van der Waals surface area contributed by atoms with Gasteiger partial charge in [0.15, 0.2) is 12.4 Å². The third-order valence-corrected chi connectivity index (χ3v) is 6.19. The summed E-state index contributed by atoms with van der Waals surface area (Å²) in [6.07, 6.45) is 8.87. The van der Waals surface area contributed by atoms with Crippen LogP contribution in [-0.4, -0.2) is 18.1 Å². The van der Waals surface area contributed by atoms with Crippen LogP contribution in [-0.2, 0) is 16.3 Å². The van der Waals surface area contributed by atoms with Crippen LogP contribution in [0.5, 0.6) is 5.75 Å². The number of nitrogens with zero attached hydrogens (tertiary/aromatic N) is 1. The number of aryl methyl sites for hydroxylation is 2. The zero-order valence-corrected chi connectivity index (χ0v) is 21.4. The van der Waals surface area contributed by atoms with Gasteiger partial charge >= 0.3 is 5.97 Å². The number of hydrogen-bond donors (Lipinski definition) is 1. The van der Waals surface area contributed by atoms with E-state index in [0.29, 0.717) is 6.42 Å². The van der Waals surface area contributed by atoms with Gasteiger partial charge in [0.2, 0.25) is 0 Å². The number of ether oxygens (including phenoxy) is 2. The minimum Gasteiger partial charge on any atom is -1.00 e. The topological polar surface area (TPSA) is 55.2 Å². The molecule has 0 saturated heterocycles. The van der Waals surface area contributed by atoms with E-state index >= 15 is 0 Å². The number of rotatable bonds is 8. The first-order valence-corrected chi connectivity index (χ1v) is 11.1. The molecule has 0 saturated carbocycles. The highest BCUT2D eigenvalue weighted by atomic mass is 127. The Morgan fingerprint density at radius 1 is 1.03 bits per heavy atom. The number of carbonyl (C=O) groups excluding carboxylic acids is 1. The summed E-state index contributed by atoms with van der Waals surface area (Å²) in [4.78, 5) is 15.6. The Morgan fingerprint density at radius 2 is 1.84 bits per heavy atom. The van der Waals surface area contributed by atoms with Gasteiger partial charge in [-0.25, -0.2) is 0 Å². The molecule has 5 nitrogen and oxygen atoms in total. The average molecular weight is 546 g/mol. The summed E-state index contributed by atoms with van der Waals surface area (Å²) in [5, 5.41) is 4.73. The maximum absolute atomic E-state index is 12.1. The van der Waals surface area contributed by atoms with Gasteiger partial charge in [-0.3, -0.25) is 4.79 Å². The van der Waals surface area contributed by atoms with Gasteiger partial charge < -0.3 is 38.4 Å². The molecule has 0 unspecified atom stereocenters. The maximum atomic E-state index is 12.1. The van der Waals surface area contributed by atoms with Crippen molar-refractivity contribution in [3.8, 4) is 5.75 Å². The molecular formula is C26H31IN2O3. The summed E-state index contributed by atoms with van der Waals surface area (Å²) in [5.74, 6) is 0.718. The highest BCUT2D eigenvalue weighted by Gasteiger charge is 2.17. The average Bonchev–Trinajstić information content (AvgIpc) is 3.18. The summed E-state index contributed by atoms with van der Waals surface area (Å²) in [7, 11) is 1.69. The molecule has 1 N–H and O–H groups in total. The Balaban J connectivity index is 0.00000289. The second kappa shape index (κ2) is 10.5. The molecule has 0 aliphatic carbocycles. The molecule has 0 aliphatic rings. The number of halogens is 1. The summed E-state index contributed by atoms with van der Waals surface area (Å²) in [6.45, 7) is 6.71. The first kappa shape index (κ1) is 24.3. The second-order valence-corrected chi connectivity index (χ2v) is 8.28. The lowest BCUT2D eigenvalue weighted by atomic mass is 9.97. The normalized spacial score (nSPS) is 11.1. The van der Waals surface area contributed by atoms with Gasteiger partial charge in [0, 0.05) is 34.2 Å². The fourth-order valence-electron chi connectivity index (χ4n) is 4.40. The van der Waals surface area contributed by atoms with Crippen molar-refractivity contribution in [1.29, 1.82) is 0 Å². The van der Waals surface area contributed by atoms with Crippen LogP contribution in [0.25, 0.3) is 32.6 Å². The van der Waals surface area contributed by atoms with E-state index in [2.05, 4.69) is 50.2 Å². The number of benzene rings is 2. The number of fused-ring (bicyclic) bond motifs is 4. The molecule has 0 spiro atoms. The minimum absolute atomic E-state index is 0. The molecule has 0 radical (unpaired) electrons. The van der Waals surface area contributed by atoms with Crippen LogP contribution < -0.4 is 33.3 Å². The number of unbranched alkanes of at least 4 members (excludes halogenated alkanes) is 3. The van der Waals surface area contributed by atoms with Gasteiger partial charge in [0.25, 0.3) is 6.73 Å². The molecule has 0 bridgehead atoms. The van der Waals surface area contributed by atoms with Crippen molar-refractivity contribution in [3.05, 3.63) is 47.8 Å². The molecule has 0 fully saturated rings. The zero-order chi connectivity index (χ0) is 22.0. The standard InChI is InChI=1S/C26H30N2O3.HI/c1-5-6-7-8-9-24(29)31-16-28-13-12-20-18(3)26-25(17(2)22(20)15-28)21-14-19(30-4)10-11-23(21)27-26;/h10-15H,5-9,16H2,1-4H3;1H. The highest BCUT2D eigenvalue weighted by molar-refractivity contribution is 6.16. The maximum Gasteiger partial charge on any atom is 0.310 e. The van der Waals surface area contributed by atoms with Gasteiger partial charge in [-0.1, -0.05) is 26.2 Å². The SMILES string of the molecule is CCCCCCC(=O)OC[n+]1ccc2c(C)c3[nH]c4ccc(OC)cc4c3c(C)c2c1.[I-]. The number of esters is 1. The molecule has 32 heavy (non-hydrogen) atoms. The van der Waals surface area contributed by atoms with Crippen LogP contribution in [0.4, 0.5) is 0 Å². The van der Waals surface area contributed by atoms with E-state index in [-0.39, 0.29) is 36.7 Å². The molecule has 2 aromatic heterocycles. The highest BCUT2D eigenvalue weighted by Crippen LogP contribution is 2.37. The van der Waals surface area contributed by atoms with Crippen molar-refractivity contribution < 1.29 is 42.8 Å². The number of carbonyl (C=O) groups is 1. The van der Waals surface area contributed by atoms with E-state index in [1.807, 2.05) is 16.8 Å². The molecule has 6 heteroatoms. The third-order valence-electron chi connectivity index (χ3n) is 6.19. The van der Waals surface area contributed by atoms with Crippen LogP contribution >= 0.6 is 0 Å². The van der Waals surface area contributed by atoms with Gasteiger partial charge in [0.1, 0.15) is 5.75 Å². The Labute approximate surface area is 206 Å². The quantitative estimate of drug-likeness (QED) is 0.160. The molecule has 0 aliphatic heterocycles. The van der Waals surface area contributed by atoms with Crippen LogP contribution in [0.1, 0.15) is 50.2 Å². The molecule has 0 amide bonds. The van der Waals surface area contributed by atoms with Gasteiger partial charge in [-0.15, -0.1) is 0 Å². The van der Waals surface area contributed by atoms with Crippen LogP contribution in [0.15, 0.2) is 36.7 Å². The van der Waals surface area contributed by atoms with Gasteiger partial charge in [0.05, 0.1) is 12.6 Å². The van der Waals surface area contributed by atoms with E-state index in [4.69, 9.17) is 9.47 Å². The van der Waals surface area contributed by atoms with Crippen molar-refractivity contribution in [3.63, 3.8) is 0 Å². The molecule has 4 aromatic rings. The number of nitrogens with one attached hydrogen (secondary N) is 1. The van der Waals surface area contributed by atoms with E-state index in [1.165, 1.54) is 28.3 Å². The molecular weight excluding hydrogens is 515 g/mol. The summed E-state index contributed by atoms with van der Waals surface area (Å²) in [5.41, 5.74) is 4.67. The first-order chi connectivity index (χ1) is 15.0. The second-order valence-electron chi connectivity index (χ2n) is 8.28. The predicted molar refractivity (Wildman–Crippen MR) is 124 cm³/mol. The lowest BCUT2D eigenvalue weighted by Gasteiger charge is -2.09. The Morgan fingerprint density at radius 3 is 2.59 bits per heavy atom. The zero-order valence-electron chi connectivity index (χ0n) is 19.3. The molecule has 0 atom stereocenters. The van der Waals surface area contributed by atoms with Crippen molar-refractivity contribution in [1.82, 2.24) is 4.98 Å². The lowest BCUT2D eigenvalue weighted by molar-refractivity contribution is -0.726.